The standard InChI is InChI=1S/C53H47N/c1-3-34-27-50-48(29-43(34)38-12-5-4-11-31(38)2)52-30-44(40-14-6-8-16-45(40)52)42-15-10-18-49(51(42)52)54(50)37-21-22-41-39-13-7-9-17-46(39)53(47(41)28-37)35-20-19-32-23-33(25-35)26-36(53)24-32/h4-18,21-22,27-29,32-33,35-36,44H,3,19-20,23-26,30H2,1-2H3. The second-order valence-electron chi connectivity index (χ2n) is 18.3. The lowest BCUT2D eigenvalue weighted by atomic mass is 9.51. The first-order valence-electron chi connectivity index (χ1n) is 21.1. The Morgan fingerprint density at radius 3 is 2.22 bits per heavy atom. The molecule has 8 aliphatic rings. The molecule has 264 valence electrons. The van der Waals surface area contributed by atoms with Gasteiger partial charge in [-0.25, -0.2) is 0 Å². The summed E-state index contributed by atoms with van der Waals surface area (Å²) in [6, 6.07) is 48.4. The lowest BCUT2D eigenvalue weighted by molar-refractivity contribution is 0.0618. The molecule has 1 heteroatoms. The lowest BCUT2D eigenvalue weighted by Gasteiger charge is -2.53. The molecule has 7 aliphatic carbocycles. The Hall–Kier alpha value is -4.88. The van der Waals surface area contributed by atoms with Gasteiger partial charge in [0, 0.05) is 17.0 Å². The van der Waals surface area contributed by atoms with Gasteiger partial charge in [0.25, 0.3) is 0 Å². The smallest absolute Gasteiger partial charge is 0.0509 e. The number of rotatable bonds is 3. The maximum atomic E-state index is 2.73. The molecule has 4 fully saturated rings. The molecule has 1 nitrogen and oxygen atoms in total. The van der Waals surface area contributed by atoms with E-state index in [-0.39, 0.29) is 10.8 Å². The lowest BCUT2D eigenvalue weighted by Crippen LogP contribution is -2.48. The van der Waals surface area contributed by atoms with E-state index >= 15 is 0 Å². The van der Waals surface area contributed by atoms with Gasteiger partial charge in [0.15, 0.2) is 0 Å². The van der Waals surface area contributed by atoms with Crippen molar-refractivity contribution in [2.75, 3.05) is 4.90 Å². The normalized spacial score (nSPS) is 29.5. The molecule has 0 aromatic heterocycles. The third-order valence-corrected chi connectivity index (χ3v) is 16.3. The number of benzene rings is 6. The number of hydrogen-bond acceptors (Lipinski definition) is 1. The van der Waals surface area contributed by atoms with E-state index in [1.54, 1.807) is 22.3 Å². The Balaban J connectivity index is 1.09. The van der Waals surface area contributed by atoms with Gasteiger partial charge in [-0.05, 0) is 178 Å². The Morgan fingerprint density at radius 1 is 0.574 bits per heavy atom. The van der Waals surface area contributed by atoms with E-state index in [9.17, 15) is 0 Å². The molecule has 6 bridgehead atoms. The third-order valence-electron chi connectivity index (χ3n) is 16.3. The number of aryl methyl sites for hydroxylation is 2. The SMILES string of the molecule is CCc1cc2c(cc1-c1ccccc1C)C13CC(c4ccccc41)c1cccc(c13)N2c1ccc2c(c1)C1(c3ccccc3-2)C2CCC3CC(C2)CC1C3. The van der Waals surface area contributed by atoms with Gasteiger partial charge < -0.3 is 4.90 Å². The highest BCUT2D eigenvalue weighted by Gasteiger charge is 2.61. The third kappa shape index (κ3) is 3.50. The van der Waals surface area contributed by atoms with E-state index < -0.39 is 0 Å². The van der Waals surface area contributed by atoms with E-state index in [4.69, 9.17) is 0 Å². The molecule has 7 atom stereocenters. The first-order valence-corrected chi connectivity index (χ1v) is 21.1. The van der Waals surface area contributed by atoms with Gasteiger partial charge in [-0.2, -0.15) is 0 Å². The van der Waals surface area contributed by atoms with Crippen LogP contribution in [-0.4, -0.2) is 0 Å². The molecular weight excluding hydrogens is 651 g/mol. The van der Waals surface area contributed by atoms with E-state index in [2.05, 4.69) is 140 Å². The summed E-state index contributed by atoms with van der Waals surface area (Å²) in [6.45, 7) is 4.64. The highest BCUT2D eigenvalue weighted by molar-refractivity contribution is 5.95. The van der Waals surface area contributed by atoms with Crippen LogP contribution in [0.2, 0.25) is 0 Å². The molecule has 0 amide bonds. The predicted octanol–water partition coefficient (Wildman–Crippen LogP) is 13.3. The zero-order chi connectivity index (χ0) is 35.5. The Morgan fingerprint density at radius 2 is 1.33 bits per heavy atom. The van der Waals surface area contributed by atoms with Crippen molar-refractivity contribution in [3.05, 3.63) is 171 Å². The van der Waals surface area contributed by atoms with Crippen molar-refractivity contribution in [2.24, 2.45) is 23.7 Å². The quantitative estimate of drug-likeness (QED) is 0.178. The fourth-order valence-electron chi connectivity index (χ4n) is 14.5. The topological polar surface area (TPSA) is 3.24 Å². The fraction of sp³-hybridized carbons (Fsp3) is 0.321. The minimum atomic E-state index is -0.143. The van der Waals surface area contributed by atoms with Crippen molar-refractivity contribution in [3.8, 4) is 22.3 Å². The Kier molecular flexibility index (Phi) is 5.89. The van der Waals surface area contributed by atoms with E-state index in [1.165, 1.54) is 106 Å². The summed E-state index contributed by atoms with van der Waals surface area (Å²) < 4.78 is 0. The summed E-state index contributed by atoms with van der Waals surface area (Å²) in [5.41, 5.74) is 23.7. The summed E-state index contributed by atoms with van der Waals surface area (Å²) in [6.07, 6.45) is 10.7. The van der Waals surface area contributed by atoms with Crippen LogP contribution in [0.5, 0.6) is 0 Å². The van der Waals surface area contributed by atoms with Crippen LogP contribution in [0.4, 0.5) is 17.1 Å². The Labute approximate surface area is 320 Å². The van der Waals surface area contributed by atoms with Crippen molar-refractivity contribution in [1.82, 2.24) is 0 Å². The van der Waals surface area contributed by atoms with Gasteiger partial charge in [-0.3, -0.25) is 0 Å². The van der Waals surface area contributed by atoms with Crippen LogP contribution in [0.3, 0.4) is 0 Å². The largest absolute Gasteiger partial charge is 0.310 e. The molecule has 7 unspecified atom stereocenters. The average molecular weight is 698 g/mol. The maximum absolute atomic E-state index is 2.73. The van der Waals surface area contributed by atoms with E-state index in [0.717, 1.165) is 36.5 Å². The average Bonchev–Trinajstić information content (AvgIpc) is 3.78. The number of fused-ring (bicyclic) bond motifs is 9. The van der Waals surface area contributed by atoms with Gasteiger partial charge in [0.1, 0.15) is 0 Å². The molecule has 6 aromatic carbocycles. The highest BCUT2D eigenvalue weighted by Crippen LogP contribution is 2.71. The first kappa shape index (κ1) is 30.4. The summed E-state index contributed by atoms with van der Waals surface area (Å²) in [5, 5.41) is 0. The van der Waals surface area contributed by atoms with Crippen molar-refractivity contribution >= 4 is 17.1 Å². The van der Waals surface area contributed by atoms with Crippen LogP contribution < -0.4 is 4.90 Å². The molecular formula is C53H47N. The minimum absolute atomic E-state index is 0.132. The molecule has 0 N–H and O–H groups in total. The summed E-state index contributed by atoms with van der Waals surface area (Å²) in [7, 11) is 0. The monoisotopic (exact) mass is 697 g/mol. The van der Waals surface area contributed by atoms with Crippen LogP contribution in [0.1, 0.15) is 108 Å². The van der Waals surface area contributed by atoms with Crippen molar-refractivity contribution in [1.29, 1.82) is 0 Å². The summed E-state index contributed by atoms with van der Waals surface area (Å²) in [5.74, 6) is 3.76. The molecule has 1 heterocycles. The van der Waals surface area contributed by atoms with Crippen molar-refractivity contribution in [2.45, 2.75) is 82.0 Å². The molecule has 2 spiro atoms. The van der Waals surface area contributed by atoms with Crippen LogP contribution in [0.15, 0.2) is 121 Å². The van der Waals surface area contributed by atoms with Crippen LogP contribution in [-0.2, 0) is 17.3 Å². The molecule has 6 aromatic rings. The molecule has 0 saturated heterocycles. The van der Waals surface area contributed by atoms with Crippen LogP contribution in [0, 0.1) is 30.6 Å². The molecule has 4 saturated carbocycles. The maximum Gasteiger partial charge on any atom is 0.0509 e. The summed E-state index contributed by atoms with van der Waals surface area (Å²) >= 11 is 0. The van der Waals surface area contributed by atoms with E-state index in [0.29, 0.717) is 5.92 Å². The van der Waals surface area contributed by atoms with E-state index in [1.807, 2.05) is 0 Å². The second kappa shape index (κ2) is 10.4. The van der Waals surface area contributed by atoms with Gasteiger partial charge >= 0.3 is 0 Å². The summed E-state index contributed by atoms with van der Waals surface area (Å²) in [4.78, 5) is 2.73. The highest BCUT2D eigenvalue weighted by atomic mass is 15.2. The zero-order valence-corrected chi connectivity index (χ0v) is 31.5. The molecule has 1 aliphatic heterocycles. The number of anilines is 3. The fourth-order valence-corrected chi connectivity index (χ4v) is 14.5. The first-order chi connectivity index (χ1) is 26.6. The minimum Gasteiger partial charge on any atom is -0.310 e. The Bertz CT molecular complexity index is 2600. The van der Waals surface area contributed by atoms with Crippen molar-refractivity contribution < 1.29 is 0 Å². The predicted molar refractivity (Wildman–Crippen MR) is 221 cm³/mol. The van der Waals surface area contributed by atoms with Gasteiger partial charge in [-0.15, -0.1) is 0 Å². The van der Waals surface area contributed by atoms with Gasteiger partial charge in [0.05, 0.1) is 16.8 Å². The van der Waals surface area contributed by atoms with Gasteiger partial charge in [0.2, 0.25) is 0 Å². The second-order valence-corrected chi connectivity index (χ2v) is 18.3. The van der Waals surface area contributed by atoms with Gasteiger partial charge in [-0.1, -0.05) is 104 Å². The van der Waals surface area contributed by atoms with Crippen LogP contribution >= 0.6 is 0 Å². The number of hydrogen-bond donors (Lipinski definition) is 0. The molecule has 54 heavy (non-hydrogen) atoms. The van der Waals surface area contributed by atoms with Crippen LogP contribution in [0.25, 0.3) is 22.3 Å². The molecule has 14 rings (SSSR count). The zero-order valence-electron chi connectivity index (χ0n) is 31.5. The molecule has 0 radical (unpaired) electrons. The number of nitrogens with zero attached hydrogens (tertiary/aromatic N) is 1. The van der Waals surface area contributed by atoms with Crippen molar-refractivity contribution in [3.63, 3.8) is 0 Å².